The summed E-state index contributed by atoms with van der Waals surface area (Å²) in [5.74, 6) is 2.48. The largest absolute Gasteiger partial charge is 0.377 e. The topological polar surface area (TPSA) is 67.4 Å². The van der Waals surface area contributed by atoms with Gasteiger partial charge in [0, 0.05) is 25.7 Å². The molecule has 1 saturated heterocycles. The monoisotopic (exact) mass is 356 g/mol. The van der Waals surface area contributed by atoms with Crippen LogP contribution in [0.15, 0.2) is 23.9 Å². The molecule has 2 aliphatic carbocycles. The Morgan fingerprint density at radius 2 is 2.27 bits per heavy atom. The second-order valence-electron chi connectivity index (χ2n) is 7.59. The van der Waals surface area contributed by atoms with Gasteiger partial charge in [0.05, 0.1) is 13.2 Å². The van der Waals surface area contributed by atoms with E-state index < -0.39 is 0 Å². The third-order valence-corrected chi connectivity index (χ3v) is 5.45. The van der Waals surface area contributed by atoms with Crippen molar-refractivity contribution in [2.75, 3.05) is 31.6 Å². The van der Waals surface area contributed by atoms with Crippen LogP contribution in [0.4, 0.5) is 5.82 Å². The van der Waals surface area contributed by atoms with E-state index in [-0.39, 0.29) is 11.9 Å². The highest BCUT2D eigenvalue weighted by Gasteiger charge is 2.31. The highest BCUT2D eigenvalue weighted by Crippen LogP contribution is 2.29. The third-order valence-electron chi connectivity index (χ3n) is 5.45. The van der Waals surface area contributed by atoms with E-state index in [9.17, 15) is 4.79 Å². The molecule has 4 rings (SSSR count). The number of morpholine rings is 1. The summed E-state index contributed by atoms with van der Waals surface area (Å²) in [4.78, 5) is 23.9. The van der Waals surface area contributed by atoms with Crippen LogP contribution in [0.5, 0.6) is 0 Å². The number of nitrogens with zero attached hydrogens (tertiary/aromatic N) is 3. The summed E-state index contributed by atoms with van der Waals surface area (Å²) in [6.07, 6.45) is 11.8. The molecule has 2 heterocycles. The summed E-state index contributed by atoms with van der Waals surface area (Å²) >= 11 is 0. The minimum Gasteiger partial charge on any atom is -0.377 e. The van der Waals surface area contributed by atoms with E-state index in [0.717, 1.165) is 31.1 Å². The lowest BCUT2D eigenvalue weighted by molar-refractivity contribution is -0.139. The fraction of sp³-hybridized carbons (Fsp3) is 0.650. The predicted molar refractivity (Wildman–Crippen MR) is 99.7 cm³/mol. The van der Waals surface area contributed by atoms with Gasteiger partial charge in [0.1, 0.15) is 11.9 Å². The first-order valence-electron chi connectivity index (χ1n) is 9.91. The van der Waals surface area contributed by atoms with Gasteiger partial charge in [-0.15, -0.1) is 0 Å². The maximum atomic E-state index is 12.9. The van der Waals surface area contributed by atoms with Crippen molar-refractivity contribution in [3.8, 4) is 0 Å². The van der Waals surface area contributed by atoms with Crippen LogP contribution in [0.25, 0.3) is 0 Å². The normalized spacial score (nSPS) is 23.5. The molecule has 1 aromatic rings. The molecule has 1 amide bonds. The maximum absolute atomic E-state index is 12.9. The molecule has 2 fully saturated rings. The molecule has 6 heteroatoms. The van der Waals surface area contributed by atoms with Gasteiger partial charge in [-0.1, -0.05) is 11.6 Å². The number of nitrogens with one attached hydrogen (secondary N) is 1. The summed E-state index contributed by atoms with van der Waals surface area (Å²) in [7, 11) is 0. The van der Waals surface area contributed by atoms with E-state index in [1.165, 1.54) is 31.3 Å². The first-order chi connectivity index (χ1) is 12.8. The Morgan fingerprint density at radius 1 is 1.35 bits per heavy atom. The van der Waals surface area contributed by atoms with Crippen molar-refractivity contribution in [2.24, 2.45) is 5.92 Å². The Labute approximate surface area is 155 Å². The van der Waals surface area contributed by atoms with Crippen LogP contribution in [0.1, 0.15) is 56.8 Å². The second-order valence-corrected chi connectivity index (χ2v) is 7.59. The van der Waals surface area contributed by atoms with Crippen LogP contribution in [0, 0.1) is 5.92 Å². The van der Waals surface area contributed by atoms with E-state index in [2.05, 4.69) is 21.4 Å². The predicted octanol–water partition coefficient (Wildman–Crippen LogP) is 3.09. The van der Waals surface area contributed by atoms with Crippen LogP contribution in [0.3, 0.4) is 0 Å². The lowest BCUT2D eigenvalue weighted by atomic mass is 9.96. The number of hydrogen-bond donors (Lipinski definition) is 1. The Kier molecular flexibility index (Phi) is 5.48. The molecule has 140 valence electrons. The van der Waals surface area contributed by atoms with Crippen molar-refractivity contribution in [3.05, 3.63) is 29.7 Å². The summed E-state index contributed by atoms with van der Waals surface area (Å²) in [5, 5.41) is 3.39. The summed E-state index contributed by atoms with van der Waals surface area (Å²) < 4.78 is 5.65. The Hall–Kier alpha value is -1.95. The lowest BCUT2D eigenvalue weighted by Crippen LogP contribution is -2.44. The molecule has 0 unspecified atom stereocenters. The van der Waals surface area contributed by atoms with Crippen molar-refractivity contribution < 1.29 is 9.53 Å². The zero-order valence-electron chi connectivity index (χ0n) is 15.3. The van der Waals surface area contributed by atoms with Crippen molar-refractivity contribution in [3.63, 3.8) is 0 Å². The first kappa shape index (κ1) is 17.5. The number of hydrogen-bond acceptors (Lipinski definition) is 5. The van der Waals surface area contributed by atoms with Crippen LogP contribution >= 0.6 is 0 Å². The summed E-state index contributed by atoms with van der Waals surface area (Å²) in [6, 6.07) is 1.71. The molecule has 1 N–H and O–H groups in total. The zero-order valence-corrected chi connectivity index (χ0v) is 15.3. The van der Waals surface area contributed by atoms with Crippen molar-refractivity contribution >= 4 is 11.7 Å². The fourth-order valence-corrected chi connectivity index (χ4v) is 3.68. The van der Waals surface area contributed by atoms with Gasteiger partial charge in [-0.3, -0.25) is 4.79 Å². The van der Waals surface area contributed by atoms with Crippen molar-refractivity contribution in [2.45, 2.75) is 51.0 Å². The Bertz CT molecular complexity index is 672. The number of anilines is 1. The van der Waals surface area contributed by atoms with E-state index in [0.29, 0.717) is 32.0 Å². The molecule has 0 radical (unpaired) electrons. The molecule has 6 nitrogen and oxygen atoms in total. The van der Waals surface area contributed by atoms with E-state index in [1.54, 1.807) is 6.20 Å². The summed E-state index contributed by atoms with van der Waals surface area (Å²) in [5.41, 5.74) is 1.28. The minimum atomic E-state index is -0.192. The van der Waals surface area contributed by atoms with Gasteiger partial charge in [0.25, 0.3) is 0 Å². The molecule has 1 aliphatic heterocycles. The van der Waals surface area contributed by atoms with Crippen LogP contribution in [-0.4, -0.2) is 47.1 Å². The second kappa shape index (κ2) is 8.16. The van der Waals surface area contributed by atoms with E-state index >= 15 is 0 Å². The molecule has 26 heavy (non-hydrogen) atoms. The molecule has 1 saturated carbocycles. The molecule has 0 aromatic carbocycles. The number of carbonyl (C=O) groups is 1. The number of rotatable bonds is 6. The first-order valence-corrected chi connectivity index (χ1v) is 9.91. The standard InChI is InChI=1S/C20H28N4O2/c25-19(12-15-4-2-1-3-5-15)24-10-11-26-14-17(24)20-21-9-8-18(23-20)22-13-16-6-7-16/h4,8-9,16-17H,1-3,5-7,10-14H2,(H,21,22,23)/t17-/m1/s1. The van der Waals surface area contributed by atoms with Crippen molar-refractivity contribution in [1.82, 2.24) is 14.9 Å². The SMILES string of the molecule is O=C(CC1=CCCCC1)N1CCOC[C@@H]1c1nccc(NCC2CC2)n1. The van der Waals surface area contributed by atoms with Crippen LogP contribution < -0.4 is 5.32 Å². The van der Waals surface area contributed by atoms with Gasteiger partial charge in [-0.2, -0.15) is 0 Å². The number of aromatic nitrogens is 2. The van der Waals surface area contributed by atoms with Gasteiger partial charge in [-0.05, 0) is 50.5 Å². The van der Waals surface area contributed by atoms with E-state index in [1.807, 2.05) is 11.0 Å². The number of ether oxygens (including phenoxy) is 1. The fourth-order valence-electron chi connectivity index (χ4n) is 3.68. The van der Waals surface area contributed by atoms with Gasteiger partial charge in [0.2, 0.25) is 5.91 Å². The average molecular weight is 356 g/mol. The molecule has 0 bridgehead atoms. The van der Waals surface area contributed by atoms with Crippen molar-refractivity contribution in [1.29, 1.82) is 0 Å². The molecule has 3 aliphatic rings. The Morgan fingerprint density at radius 3 is 3.08 bits per heavy atom. The van der Waals surface area contributed by atoms with Gasteiger partial charge >= 0.3 is 0 Å². The lowest BCUT2D eigenvalue weighted by Gasteiger charge is -2.35. The van der Waals surface area contributed by atoms with E-state index in [4.69, 9.17) is 4.74 Å². The number of carbonyl (C=O) groups excluding carboxylic acids is 1. The molecule has 1 atom stereocenters. The highest BCUT2D eigenvalue weighted by atomic mass is 16.5. The molecule has 0 spiro atoms. The van der Waals surface area contributed by atoms with Crippen LogP contribution in [0.2, 0.25) is 0 Å². The van der Waals surface area contributed by atoms with Crippen LogP contribution in [-0.2, 0) is 9.53 Å². The Balaban J connectivity index is 1.45. The zero-order chi connectivity index (χ0) is 17.8. The minimum absolute atomic E-state index is 0.173. The summed E-state index contributed by atoms with van der Waals surface area (Å²) in [6.45, 7) is 2.63. The maximum Gasteiger partial charge on any atom is 0.227 e. The highest BCUT2D eigenvalue weighted by molar-refractivity contribution is 5.79. The molecular formula is C20H28N4O2. The molecule has 1 aromatic heterocycles. The number of amides is 1. The quantitative estimate of drug-likeness (QED) is 0.794. The smallest absolute Gasteiger partial charge is 0.227 e. The number of allylic oxidation sites excluding steroid dienone is 1. The molecular weight excluding hydrogens is 328 g/mol. The average Bonchev–Trinajstić information content (AvgIpc) is 3.52. The van der Waals surface area contributed by atoms with Gasteiger partial charge in [0.15, 0.2) is 5.82 Å². The third kappa shape index (κ3) is 4.41. The van der Waals surface area contributed by atoms with Gasteiger partial charge in [-0.25, -0.2) is 9.97 Å². The van der Waals surface area contributed by atoms with Gasteiger partial charge < -0.3 is 15.0 Å².